The molecule has 0 saturated heterocycles. The highest BCUT2D eigenvalue weighted by atomic mass is 16.6. The Morgan fingerprint density at radius 1 is 0.589 bits per heavy atom. The first kappa shape index (κ1) is 47.2. The largest absolute Gasteiger partial charge is 0.490 e. The summed E-state index contributed by atoms with van der Waals surface area (Å²) in [6, 6.07) is 15.2. The molecule has 0 unspecified atom stereocenters. The molecule has 304 valence electrons. The maximum atomic E-state index is 13.3. The lowest BCUT2D eigenvalue weighted by molar-refractivity contribution is -0.156. The smallest absolute Gasteiger partial charge is 0.331 e. The minimum absolute atomic E-state index is 0.441. The molecule has 0 saturated carbocycles. The Hall–Kier alpha value is -4.92. The number of hydrogen-bond acceptors (Lipinski definition) is 8. The van der Waals surface area contributed by atoms with Crippen LogP contribution in [0.5, 0.6) is 11.5 Å². The van der Waals surface area contributed by atoms with Crippen molar-refractivity contribution in [2.45, 2.75) is 78.4 Å². The standard InChI is InChI=1S/C48H66N2O6/c1-11-33-49(9)35-13-15-37-53-43-25-21-41(22-26-43)47(7,31-17-19-39(3)4)55-45(51)29-30-46(52)56-48(8,32-18-20-40(5)6)42-23-27-44(28-24-42)54-38-16-14-36-50(10)34-12-2/h11-16,19-30H,1-2,17-18,31-38H2,3-10H3/b15-13+,16-14+,30-29+/t47-,48-/m0/s1. The third kappa shape index (κ3) is 18.6. The van der Waals surface area contributed by atoms with Gasteiger partial charge in [0.2, 0.25) is 0 Å². The van der Waals surface area contributed by atoms with Crippen molar-refractivity contribution in [3.8, 4) is 11.5 Å². The fourth-order valence-electron chi connectivity index (χ4n) is 5.76. The molecule has 0 aliphatic carbocycles. The molecule has 2 aromatic rings. The second kappa shape index (κ2) is 25.3. The molecule has 0 bridgehead atoms. The first-order valence-electron chi connectivity index (χ1n) is 19.5. The van der Waals surface area contributed by atoms with Gasteiger partial charge in [-0.3, -0.25) is 9.80 Å². The van der Waals surface area contributed by atoms with Crippen LogP contribution < -0.4 is 9.47 Å². The number of likely N-dealkylation sites (N-methyl/N-ethyl adjacent to an activating group) is 2. The van der Waals surface area contributed by atoms with E-state index < -0.39 is 23.1 Å². The van der Waals surface area contributed by atoms with Crippen LogP contribution in [0.1, 0.15) is 78.4 Å². The monoisotopic (exact) mass is 766 g/mol. The fourth-order valence-corrected chi connectivity index (χ4v) is 5.76. The number of hydrogen-bond donors (Lipinski definition) is 0. The van der Waals surface area contributed by atoms with Gasteiger partial charge in [0.05, 0.1) is 0 Å². The van der Waals surface area contributed by atoms with Crippen LogP contribution in [0.4, 0.5) is 0 Å². The summed E-state index contributed by atoms with van der Waals surface area (Å²) in [5.74, 6) is 0.151. The zero-order valence-electron chi connectivity index (χ0n) is 35.2. The lowest BCUT2D eigenvalue weighted by Crippen LogP contribution is -2.29. The van der Waals surface area contributed by atoms with Crippen molar-refractivity contribution in [1.82, 2.24) is 9.80 Å². The van der Waals surface area contributed by atoms with Crippen LogP contribution >= 0.6 is 0 Å². The van der Waals surface area contributed by atoms with E-state index in [1.54, 1.807) is 0 Å². The first-order valence-corrected chi connectivity index (χ1v) is 19.5. The quantitative estimate of drug-likeness (QED) is 0.0532. The van der Waals surface area contributed by atoms with Crippen LogP contribution in [0.3, 0.4) is 0 Å². The van der Waals surface area contributed by atoms with Crippen molar-refractivity contribution in [2.24, 2.45) is 0 Å². The van der Waals surface area contributed by atoms with Gasteiger partial charge in [-0.1, -0.05) is 84.0 Å². The van der Waals surface area contributed by atoms with Gasteiger partial charge in [0.1, 0.15) is 35.9 Å². The molecule has 56 heavy (non-hydrogen) atoms. The molecule has 0 radical (unpaired) electrons. The Morgan fingerprint density at radius 3 is 1.27 bits per heavy atom. The van der Waals surface area contributed by atoms with E-state index in [1.807, 2.05) is 128 Å². The minimum atomic E-state index is -0.953. The third-order valence-electron chi connectivity index (χ3n) is 9.03. The number of benzene rings is 2. The molecular weight excluding hydrogens is 701 g/mol. The van der Waals surface area contributed by atoms with E-state index in [0.717, 1.165) is 49.5 Å². The molecule has 0 aromatic heterocycles. The molecule has 0 amide bonds. The van der Waals surface area contributed by atoms with Gasteiger partial charge in [-0.05, 0) is 117 Å². The number of rotatable bonds is 26. The van der Waals surface area contributed by atoms with E-state index >= 15 is 0 Å². The van der Waals surface area contributed by atoms with Crippen LogP contribution in [0.25, 0.3) is 0 Å². The lowest BCUT2D eigenvalue weighted by Gasteiger charge is -2.30. The Morgan fingerprint density at radius 2 is 0.946 bits per heavy atom. The maximum absolute atomic E-state index is 13.3. The number of allylic oxidation sites excluding steroid dienone is 4. The second-order valence-corrected chi connectivity index (χ2v) is 14.9. The summed E-state index contributed by atoms with van der Waals surface area (Å²) in [6.45, 7) is 23.6. The summed E-state index contributed by atoms with van der Waals surface area (Å²) in [4.78, 5) is 30.9. The summed E-state index contributed by atoms with van der Waals surface area (Å²) in [6.07, 6.45) is 20.9. The summed E-state index contributed by atoms with van der Waals surface area (Å²) >= 11 is 0. The summed E-state index contributed by atoms with van der Waals surface area (Å²) < 4.78 is 24.0. The molecule has 2 atom stereocenters. The lowest BCUT2D eigenvalue weighted by atomic mass is 9.90. The number of carbonyl (C=O) groups excluding carboxylic acids is 2. The summed E-state index contributed by atoms with van der Waals surface area (Å²) in [7, 11) is 4.06. The van der Waals surface area contributed by atoms with Crippen LogP contribution in [-0.2, 0) is 30.3 Å². The van der Waals surface area contributed by atoms with Crippen LogP contribution in [0, 0.1) is 0 Å². The average Bonchev–Trinajstić information content (AvgIpc) is 3.14. The molecule has 0 N–H and O–H groups in total. The average molecular weight is 767 g/mol. The molecule has 0 aliphatic rings. The molecule has 0 aliphatic heterocycles. The van der Waals surface area contributed by atoms with Crippen molar-refractivity contribution in [1.29, 1.82) is 0 Å². The summed E-state index contributed by atoms with van der Waals surface area (Å²) in [5, 5.41) is 0. The van der Waals surface area contributed by atoms with E-state index in [0.29, 0.717) is 50.4 Å². The van der Waals surface area contributed by atoms with Gasteiger partial charge < -0.3 is 18.9 Å². The highest BCUT2D eigenvalue weighted by Gasteiger charge is 2.32. The fraction of sp³-hybridized carbons (Fsp3) is 0.417. The van der Waals surface area contributed by atoms with E-state index in [-0.39, 0.29) is 0 Å². The Kier molecular flexibility index (Phi) is 21.3. The molecular formula is C48H66N2O6. The topological polar surface area (TPSA) is 77.5 Å². The maximum Gasteiger partial charge on any atom is 0.331 e. The van der Waals surface area contributed by atoms with E-state index in [9.17, 15) is 9.59 Å². The molecule has 8 nitrogen and oxygen atoms in total. The first-order chi connectivity index (χ1) is 26.7. The second-order valence-electron chi connectivity index (χ2n) is 14.9. The van der Waals surface area contributed by atoms with E-state index in [1.165, 1.54) is 11.1 Å². The third-order valence-corrected chi connectivity index (χ3v) is 9.03. The number of nitrogens with zero attached hydrogens (tertiary/aromatic N) is 2. The number of ether oxygens (including phenoxy) is 4. The van der Waals surface area contributed by atoms with Gasteiger partial charge >= 0.3 is 11.9 Å². The van der Waals surface area contributed by atoms with Crippen LogP contribution in [-0.4, -0.2) is 75.2 Å². The van der Waals surface area contributed by atoms with Crippen molar-refractivity contribution >= 4 is 11.9 Å². The SMILES string of the molecule is C=CCN(C)C/C=C/COc1ccc([C@](C)(CCC=C(C)C)OC(=O)/C=C/C(=O)O[C@@](C)(CCC=C(C)C)c2ccc(OC/C=C/CN(C)CC=C)cc2)cc1. The highest BCUT2D eigenvalue weighted by Crippen LogP contribution is 2.34. The number of carbonyl (C=O) groups is 2. The van der Waals surface area contributed by atoms with Crippen molar-refractivity contribution in [2.75, 3.05) is 53.5 Å². The van der Waals surface area contributed by atoms with Crippen LogP contribution in [0.15, 0.2) is 134 Å². The molecule has 0 heterocycles. The van der Waals surface area contributed by atoms with Crippen molar-refractivity contribution in [3.05, 3.63) is 145 Å². The Bertz CT molecular complexity index is 1540. The predicted octanol–water partition coefficient (Wildman–Crippen LogP) is 10.1. The Balaban J connectivity index is 2.14. The molecule has 2 rings (SSSR count). The Labute approximate surface area is 337 Å². The zero-order chi connectivity index (χ0) is 41.4. The zero-order valence-corrected chi connectivity index (χ0v) is 35.2. The molecule has 2 aromatic carbocycles. The molecule has 0 spiro atoms. The predicted molar refractivity (Wildman–Crippen MR) is 231 cm³/mol. The van der Waals surface area contributed by atoms with Gasteiger partial charge in [-0.15, -0.1) is 13.2 Å². The van der Waals surface area contributed by atoms with Gasteiger partial charge in [-0.25, -0.2) is 9.59 Å². The highest BCUT2D eigenvalue weighted by molar-refractivity contribution is 5.92. The summed E-state index contributed by atoms with van der Waals surface area (Å²) in [5.41, 5.74) is 2.10. The van der Waals surface area contributed by atoms with Crippen molar-refractivity contribution < 1.29 is 28.5 Å². The van der Waals surface area contributed by atoms with Gasteiger partial charge in [0.25, 0.3) is 0 Å². The normalized spacial score (nSPS) is 13.7. The minimum Gasteiger partial charge on any atom is -0.490 e. The van der Waals surface area contributed by atoms with E-state index in [2.05, 4.69) is 47.3 Å². The van der Waals surface area contributed by atoms with Gasteiger partial charge in [-0.2, -0.15) is 0 Å². The number of esters is 2. The van der Waals surface area contributed by atoms with Crippen LogP contribution in [0.2, 0.25) is 0 Å². The van der Waals surface area contributed by atoms with E-state index in [4.69, 9.17) is 18.9 Å². The van der Waals surface area contributed by atoms with Gasteiger partial charge in [0, 0.05) is 38.3 Å². The molecule has 8 heteroatoms. The van der Waals surface area contributed by atoms with Crippen molar-refractivity contribution in [3.63, 3.8) is 0 Å². The molecule has 0 fully saturated rings. The van der Waals surface area contributed by atoms with Gasteiger partial charge in [0.15, 0.2) is 0 Å².